The molecule has 0 atom stereocenters. The summed E-state index contributed by atoms with van der Waals surface area (Å²) in [5.74, 6) is 1.14. The van der Waals surface area contributed by atoms with Crippen molar-refractivity contribution in [2.45, 2.75) is 37.8 Å². The van der Waals surface area contributed by atoms with Gasteiger partial charge in [-0.25, -0.2) is 4.79 Å². The maximum absolute atomic E-state index is 11.7. The van der Waals surface area contributed by atoms with E-state index in [1.54, 1.807) is 16.3 Å². The molecule has 0 unspecified atom stereocenters. The fraction of sp³-hybridized carbons (Fsp3) is 0.600. The van der Waals surface area contributed by atoms with Gasteiger partial charge in [-0.15, -0.1) is 11.8 Å². The lowest BCUT2D eigenvalue weighted by molar-refractivity contribution is 0.549. The topological polar surface area (TPSA) is 54.9 Å². The summed E-state index contributed by atoms with van der Waals surface area (Å²) in [5, 5.41) is 0.866. The van der Waals surface area contributed by atoms with Gasteiger partial charge >= 0.3 is 5.69 Å². The Morgan fingerprint density at radius 1 is 1.40 bits per heavy atom. The number of H-pyrrole nitrogens is 1. The Morgan fingerprint density at radius 2 is 2.13 bits per heavy atom. The van der Waals surface area contributed by atoms with Crippen molar-refractivity contribution < 1.29 is 0 Å². The molecule has 1 aliphatic heterocycles. The van der Waals surface area contributed by atoms with Crippen LogP contribution < -0.4 is 11.2 Å². The van der Waals surface area contributed by atoms with E-state index in [1.165, 1.54) is 0 Å². The lowest BCUT2D eigenvalue weighted by atomic mass is 10.1. The van der Waals surface area contributed by atoms with E-state index < -0.39 is 0 Å². The summed E-state index contributed by atoms with van der Waals surface area (Å²) >= 11 is 1.61. The lowest BCUT2D eigenvalue weighted by Crippen LogP contribution is -2.36. The van der Waals surface area contributed by atoms with E-state index in [0.29, 0.717) is 0 Å². The van der Waals surface area contributed by atoms with E-state index in [2.05, 4.69) is 4.98 Å². The minimum atomic E-state index is -0.272. The van der Waals surface area contributed by atoms with Crippen LogP contribution in [-0.4, -0.2) is 15.3 Å². The molecule has 1 N–H and O–H groups in total. The molecular weight excluding hydrogens is 212 g/mol. The number of aromatic amines is 1. The molecule has 0 spiro atoms. The molecule has 5 heteroatoms. The van der Waals surface area contributed by atoms with Crippen LogP contribution in [0.5, 0.6) is 0 Å². The number of aromatic nitrogens is 2. The molecule has 0 aromatic carbocycles. The first-order valence-corrected chi connectivity index (χ1v) is 6.09. The molecular formula is C10H14N2O2S. The van der Waals surface area contributed by atoms with Gasteiger partial charge in [-0.3, -0.25) is 14.3 Å². The van der Waals surface area contributed by atoms with E-state index >= 15 is 0 Å². The van der Waals surface area contributed by atoms with Crippen LogP contribution in [-0.2, 0) is 6.54 Å². The second kappa shape index (κ2) is 3.89. The van der Waals surface area contributed by atoms with Gasteiger partial charge in [0.25, 0.3) is 5.56 Å². The monoisotopic (exact) mass is 226 g/mol. The number of nitrogens with one attached hydrogen (secondary N) is 1. The standard InChI is InChI=1S/C10H14N2O2S/c1-6(2)7-8(13)11-10(14)12-4-3-5-15-9(7)12/h6H,3-5H2,1-2H3,(H,11,13,14). The van der Waals surface area contributed by atoms with Gasteiger partial charge in [-0.05, 0) is 12.3 Å². The fourth-order valence-corrected chi connectivity index (χ4v) is 3.11. The first-order chi connectivity index (χ1) is 7.11. The minimum absolute atomic E-state index is 0.154. The first kappa shape index (κ1) is 10.5. The van der Waals surface area contributed by atoms with Gasteiger partial charge in [0.1, 0.15) is 0 Å². The summed E-state index contributed by atoms with van der Waals surface area (Å²) in [7, 11) is 0. The van der Waals surface area contributed by atoms with Gasteiger partial charge in [-0.2, -0.15) is 0 Å². The molecule has 0 saturated heterocycles. The van der Waals surface area contributed by atoms with Crippen molar-refractivity contribution in [2.24, 2.45) is 0 Å². The predicted octanol–water partition coefficient (Wildman–Crippen LogP) is 1.16. The highest BCUT2D eigenvalue weighted by atomic mass is 32.2. The fourth-order valence-electron chi connectivity index (χ4n) is 1.83. The van der Waals surface area contributed by atoms with Crippen molar-refractivity contribution in [1.29, 1.82) is 0 Å². The Bertz CT molecular complexity index is 487. The molecule has 15 heavy (non-hydrogen) atoms. The second-order valence-electron chi connectivity index (χ2n) is 3.99. The van der Waals surface area contributed by atoms with Gasteiger partial charge in [0.15, 0.2) is 0 Å². The molecule has 2 heterocycles. The first-order valence-electron chi connectivity index (χ1n) is 5.11. The summed E-state index contributed by atoms with van der Waals surface area (Å²) in [6.45, 7) is 4.67. The minimum Gasteiger partial charge on any atom is -0.288 e. The highest BCUT2D eigenvalue weighted by Crippen LogP contribution is 2.28. The third kappa shape index (κ3) is 1.76. The summed E-state index contributed by atoms with van der Waals surface area (Å²) in [4.78, 5) is 25.6. The zero-order valence-corrected chi connectivity index (χ0v) is 9.69. The van der Waals surface area contributed by atoms with Crippen molar-refractivity contribution in [3.8, 4) is 0 Å². The van der Waals surface area contributed by atoms with E-state index in [-0.39, 0.29) is 17.2 Å². The molecule has 0 bridgehead atoms. The maximum atomic E-state index is 11.7. The largest absolute Gasteiger partial charge is 0.329 e. The van der Waals surface area contributed by atoms with E-state index in [9.17, 15) is 9.59 Å². The van der Waals surface area contributed by atoms with Gasteiger partial charge < -0.3 is 0 Å². The van der Waals surface area contributed by atoms with Crippen molar-refractivity contribution in [3.05, 3.63) is 26.4 Å². The van der Waals surface area contributed by atoms with Gasteiger partial charge in [0.05, 0.1) is 10.6 Å². The molecule has 0 saturated carbocycles. The van der Waals surface area contributed by atoms with Crippen LogP contribution in [0, 0.1) is 0 Å². The quantitative estimate of drug-likeness (QED) is 0.731. The van der Waals surface area contributed by atoms with Crippen LogP contribution in [0.3, 0.4) is 0 Å². The Morgan fingerprint density at radius 3 is 2.80 bits per heavy atom. The van der Waals surface area contributed by atoms with Crippen molar-refractivity contribution in [3.63, 3.8) is 0 Å². The summed E-state index contributed by atoms with van der Waals surface area (Å²) < 4.78 is 1.69. The molecule has 0 amide bonds. The summed E-state index contributed by atoms with van der Waals surface area (Å²) in [6.07, 6.45) is 0.987. The second-order valence-corrected chi connectivity index (χ2v) is 5.07. The third-order valence-electron chi connectivity index (χ3n) is 2.53. The zero-order chi connectivity index (χ0) is 11.0. The van der Waals surface area contributed by atoms with Crippen LogP contribution in [0.1, 0.15) is 31.7 Å². The van der Waals surface area contributed by atoms with E-state index in [4.69, 9.17) is 0 Å². The number of rotatable bonds is 1. The predicted molar refractivity (Wildman–Crippen MR) is 60.8 cm³/mol. The van der Waals surface area contributed by atoms with Crippen molar-refractivity contribution in [2.75, 3.05) is 5.75 Å². The van der Waals surface area contributed by atoms with Gasteiger partial charge in [-0.1, -0.05) is 13.8 Å². The van der Waals surface area contributed by atoms with E-state index in [0.717, 1.165) is 29.3 Å². The number of fused-ring (bicyclic) bond motifs is 1. The van der Waals surface area contributed by atoms with Crippen LogP contribution in [0.15, 0.2) is 14.6 Å². The Labute approximate surface area is 91.7 Å². The van der Waals surface area contributed by atoms with Gasteiger partial charge in [0, 0.05) is 12.3 Å². The molecule has 2 rings (SSSR count). The van der Waals surface area contributed by atoms with Crippen molar-refractivity contribution >= 4 is 11.8 Å². The normalized spacial score (nSPS) is 15.4. The average Bonchev–Trinajstić information content (AvgIpc) is 2.17. The van der Waals surface area contributed by atoms with Crippen LogP contribution in [0.2, 0.25) is 0 Å². The third-order valence-corrected chi connectivity index (χ3v) is 3.73. The number of nitrogens with zero attached hydrogens (tertiary/aromatic N) is 1. The molecule has 0 radical (unpaired) electrons. The SMILES string of the molecule is CC(C)c1c2n(c(=O)[nH]c1=O)CCCS2. The van der Waals surface area contributed by atoms with Gasteiger partial charge in [0.2, 0.25) is 0 Å². The molecule has 82 valence electrons. The molecule has 1 aromatic rings. The maximum Gasteiger partial charge on any atom is 0.329 e. The number of thioether (sulfide) groups is 1. The Hall–Kier alpha value is -0.970. The van der Waals surface area contributed by atoms with Crippen molar-refractivity contribution in [1.82, 2.24) is 9.55 Å². The molecule has 0 fully saturated rings. The molecule has 4 nitrogen and oxygen atoms in total. The molecule has 0 aliphatic carbocycles. The zero-order valence-electron chi connectivity index (χ0n) is 8.87. The van der Waals surface area contributed by atoms with E-state index in [1.807, 2.05) is 13.8 Å². The molecule has 1 aromatic heterocycles. The highest BCUT2D eigenvalue weighted by molar-refractivity contribution is 7.99. The summed E-state index contributed by atoms with van der Waals surface area (Å²) in [6, 6.07) is 0. The van der Waals surface area contributed by atoms with Crippen LogP contribution in [0.4, 0.5) is 0 Å². The Balaban J connectivity index is 2.75. The van der Waals surface area contributed by atoms with Crippen LogP contribution in [0.25, 0.3) is 0 Å². The number of hydrogen-bond donors (Lipinski definition) is 1. The Kier molecular flexibility index (Phi) is 2.73. The number of hydrogen-bond acceptors (Lipinski definition) is 3. The highest BCUT2D eigenvalue weighted by Gasteiger charge is 2.20. The smallest absolute Gasteiger partial charge is 0.288 e. The molecule has 1 aliphatic rings. The average molecular weight is 226 g/mol. The lowest BCUT2D eigenvalue weighted by Gasteiger charge is -2.20. The van der Waals surface area contributed by atoms with Crippen LogP contribution >= 0.6 is 11.8 Å². The summed E-state index contributed by atoms with van der Waals surface area (Å²) in [5.41, 5.74) is 0.251.